The molecule has 222 valence electrons. The summed E-state index contributed by atoms with van der Waals surface area (Å²) in [5.41, 5.74) is -0.303. The molecule has 1 saturated heterocycles. The standard InChI is InChI=1S/C29H27FO12/c1-14(31)36-13-24-26(38-15(2)32)27(39-16(3)33)28(40-17(4)34)29(42-24)41-18-9-10-20-23(11-18)37-12-21(25(20)35)19-7-5-6-8-22(19)30/h5-12,24,26-29H,13H2,1-4H3/t24-,26+,27-,28+,29+/m0/s1. The molecule has 0 saturated carbocycles. The van der Waals surface area contributed by atoms with Crippen molar-refractivity contribution in [2.75, 3.05) is 6.61 Å². The topological polar surface area (TPSA) is 154 Å². The summed E-state index contributed by atoms with van der Waals surface area (Å²) >= 11 is 0. The third kappa shape index (κ3) is 6.92. The van der Waals surface area contributed by atoms with Crippen molar-refractivity contribution in [1.82, 2.24) is 0 Å². The molecule has 1 aliphatic heterocycles. The lowest BCUT2D eigenvalue weighted by Crippen LogP contribution is -2.63. The first-order valence-corrected chi connectivity index (χ1v) is 12.7. The molecule has 1 aromatic heterocycles. The summed E-state index contributed by atoms with van der Waals surface area (Å²) in [4.78, 5) is 60.6. The second-order valence-electron chi connectivity index (χ2n) is 9.30. The second kappa shape index (κ2) is 12.8. The van der Waals surface area contributed by atoms with Crippen LogP contribution in [-0.2, 0) is 42.9 Å². The average Bonchev–Trinajstić information content (AvgIpc) is 2.91. The Hall–Kier alpha value is -4.78. The molecule has 0 spiro atoms. The Morgan fingerprint density at radius 3 is 2.10 bits per heavy atom. The first kappa shape index (κ1) is 30.2. The molecule has 1 aliphatic rings. The summed E-state index contributed by atoms with van der Waals surface area (Å²) in [5.74, 6) is -3.53. The number of hydrogen-bond acceptors (Lipinski definition) is 12. The van der Waals surface area contributed by atoms with Gasteiger partial charge in [-0.25, -0.2) is 4.39 Å². The molecule has 0 unspecified atom stereocenters. The maximum Gasteiger partial charge on any atom is 0.303 e. The zero-order chi connectivity index (χ0) is 30.6. The van der Waals surface area contributed by atoms with Crippen molar-refractivity contribution in [2.45, 2.75) is 58.4 Å². The van der Waals surface area contributed by atoms with E-state index in [0.29, 0.717) is 0 Å². The Morgan fingerprint density at radius 1 is 0.810 bits per heavy atom. The zero-order valence-electron chi connectivity index (χ0n) is 23.0. The molecule has 0 amide bonds. The van der Waals surface area contributed by atoms with E-state index >= 15 is 0 Å². The predicted octanol–water partition coefficient (Wildman–Crippen LogP) is 3.06. The third-order valence-electron chi connectivity index (χ3n) is 6.11. The molecule has 13 heteroatoms. The van der Waals surface area contributed by atoms with Crippen LogP contribution in [0.15, 0.2) is 57.9 Å². The van der Waals surface area contributed by atoms with Gasteiger partial charge in [-0.1, -0.05) is 18.2 Å². The second-order valence-corrected chi connectivity index (χ2v) is 9.30. The highest BCUT2D eigenvalue weighted by molar-refractivity contribution is 5.82. The normalized spacial score (nSPS) is 21.7. The van der Waals surface area contributed by atoms with Crippen LogP contribution in [0.5, 0.6) is 5.75 Å². The fourth-order valence-electron chi connectivity index (χ4n) is 4.47. The van der Waals surface area contributed by atoms with Gasteiger partial charge in [-0.15, -0.1) is 0 Å². The highest BCUT2D eigenvalue weighted by Crippen LogP contribution is 2.32. The van der Waals surface area contributed by atoms with E-state index in [9.17, 15) is 28.4 Å². The number of fused-ring (bicyclic) bond motifs is 1. The number of halogens is 1. The van der Waals surface area contributed by atoms with E-state index < -0.39 is 72.4 Å². The Morgan fingerprint density at radius 2 is 1.45 bits per heavy atom. The van der Waals surface area contributed by atoms with E-state index in [2.05, 4.69) is 0 Å². The van der Waals surface area contributed by atoms with Gasteiger partial charge in [0.15, 0.2) is 12.2 Å². The summed E-state index contributed by atoms with van der Waals surface area (Å²) in [7, 11) is 0. The Bertz CT molecular complexity index is 1560. The van der Waals surface area contributed by atoms with Crippen molar-refractivity contribution in [3.8, 4) is 16.9 Å². The van der Waals surface area contributed by atoms with E-state index in [1.165, 1.54) is 36.4 Å². The summed E-state index contributed by atoms with van der Waals surface area (Å²) < 4.78 is 53.0. The van der Waals surface area contributed by atoms with Crippen molar-refractivity contribution < 1.29 is 56.4 Å². The molecular formula is C29H27FO12. The molecule has 42 heavy (non-hydrogen) atoms. The van der Waals surface area contributed by atoms with Gasteiger partial charge in [-0.05, 0) is 18.2 Å². The van der Waals surface area contributed by atoms with E-state index in [4.69, 9.17) is 32.8 Å². The van der Waals surface area contributed by atoms with Crippen LogP contribution in [0.2, 0.25) is 0 Å². The monoisotopic (exact) mass is 586 g/mol. The molecule has 4 rings (SSSR count). The van der Waals surface area contributed by atoms with Crippen molar-refractivity contribution in [3.63, 3.8) is 0 Å². The predicted molar refractivity (Wildman–Crippen MR) is 140 cm³/mol. The number of ether oxygens (including phenoxy) is 6. The van der Waals surface area contributed by atoms with Gasteiger partial charge in [-0.3, -0.25) is 24.0 Å². The van der Waals surface area contributed by atoms with Crippen LogP contribution >= 0.6 is 0 Å². The van der Waals surface area contributed by atoms with Gasteiger partial charge in [0.25, 0.3) is 0 Å². The molecule has 3 aromatic rings. The van der Waals surface area contributed by atoms with Gasteiger partial charge in [0, 0.05) is 39.3 Å². The average molecular weight is 587 g/mol. The fraction of sp³-hybridized carbons (Fsp3) is 0.345. The van der Waals surface area contributed by atoms with Gasteiger partial charge >= 0.3 is 23.9 Å². The van der Waals surface area contributed by atoms with Gasteiger partial charge < -0.3 is 32.8 Å². The highest BCUT2D eigenvalue weighted by Gasteiger charge is 2.53. The number of carbonyl (C=O) groups excluding carboxylic acids is 4. The first-order valence-electron chi connectivity index (χ1n) is 12.7. The largest absolute Gasteiger partial charge is 0.463 e. The number of esters is 4. The lowest BCUT2D eigenvalue weighted by Gasteiger charge is -2.43. The first-order chi connectivity index (χ1) is 19.9. The summed E-state index contributed by atoms with van der Waals surface area (Å²) in [6.45, 7) is 4.04. The molecule has 5 atom stereocenters. The minimum Gasteiger partial charge on any atom is -0.463 e. The Balaban J connectivity index is 1.71. The van der Waals surface area contributed by atoms with Crippen LogP contribution in [0.3, 0.4) is 0 Å². The van der Waals surface area contributed by atoms with Crippen LogP contribution in [0, 0.1) is 5.82 Å². The van der Waals surface area contributed by atoms with Gasteiger partial charge in [0.2, 0.25) is 17.8 Å². The lowest BCUT2D eigenvalue weighted by molar-refractivity contribution is -0.288. The van der Waals surface area contributed by atoms with Crippen molar-refractivity contribution >= 4 is 34.8 Å². The fourth-order valence-corrected chi connectivity index (χ4v) is 4.47. The highest BCUT2D eigenvalue weighted by atomic mass is 19.1. The molecule has 1 fully saturated rings. The number of hydrogen-bond donors (Lipinski definition) is 0. The van der Waals surface area contributed by atoms with Gasteiger partial charge in [0.05, 0.1) is 10.9 Å². The Labute approximate surface area is 238 Å². The SMILES string of the molecule is CC(=O)OC[C@@H]1O[C@@H](Oc2ccc3c(=O)c(-c4ccccc4F)coc3c2)[C@H](OC(C)=O)[C@@H](OC(C)=O)[C@@H]1OC(C)=O. The quantitative estimate of drug-likeness (QED) is 0.281. The molecule has 0 bridgehead atoms. The molecule has 2 heterocycles. The van der Waals surface area contributed by atoms with E-state index in [1.54, 1.807) is 6.07 Å². The van der Waals surface area contributed by atoms with Crippen LogP contribution in [0.4, 0.5) is 4.39 Å². The molecular weight excluding hydrogens is 559 g/mol. The molecule has 0 aliphatic carbocycles. The third-order valence-corrected chi connectivity index (χ3v) is 6.11. The van der Waals surface area contributed by atoms with Gasteiger partial charge in [0.1, 0.15) is 36.1 Å². The maximum atomic E-state index is 14.3. The van der Waals surface area contributed by atoms with Crippen LogP contribution in [0.1, 0.15) is 27.7 Å². The van der Waals surface area contributed by atoms with E-state index in [1.807, 2.05) is 0 Å². The smallest absolute Gasteiger partial charge is 0.303 e. The van der Waals surface area contributed by atoms with Crippen molar-refractivity contribution in [1.29, 1.82) is 0 Å². The van der Waals surface area contributed by atoms with Crippen molar-refractivity contribution in [2.24, 2.45) is 0 Å². The summed E-state index contributed by atoms with van der Waals surface area (Å²) in [6, 6.07) is 9.92. The molecule has 0 N–H and O–H groups in total. The van der Waals surface area contributed by atoms with Gasteiger partial charge in [-0.2, -0.15) is 0 Å². The Kier molecular flexibility index (Phi) is 9.21. The van der Waals surface area contributed by atoms with Crippen molar-refractivity contribution in [3.05, 3.63) is 64.8 Å². The number of rotatable bonds is 8. The summed E-state index contributed by atoms with van der Waals surface area (Å²) in [6.07, 6.45) is -5.78. The minimum absolute atomic E-state index is 0.0221. The summed E-state index contributed by atoms with van der Waals surface area (Å²) in [5, 5.41) is 0.129. The minimum atomic E-state index is -1.48. The van der Waals surface area contributed by atoms with Crippen LogP contribution < -0.4 is 10.2 Å². The maximum absolute atomic E-state index is 14.3. The zero-order valence-corrected chi connectivity index (χ0v) is 23.0. The van der Waals surface area contributed by atoms with Crippen LogP contribution in [0.25, 0.3) is 22.1 Å². The molecule has 2 aromatic carbocycles. The molecule has 0 radical (unpaired) electrons. The van der Waals surface area contributed by atoms with E-state index in [-0.39, 0.29) is 27.8 Å². The number of benzene rings is 2. The van der Waals surface area contributed by atoms with Crippen LogP contribution in [-0.4, -0.2) is 61.2 Å². The molecule has 12 nitrogen and oxygen atoms in total. The van der Waals surface area contributed by atoms with E-state index in [0.717, 1.165) is 34.0 Å². The number of carbonyl (C=O) groups is 4. The lowest BCUT2D eigenvalue weighted by atomic mass is 9.98.